The molecule has 0 rings (SSSR count). The van der Waals surface area contributed by atoms with E-state index in [1.165, 1.54) is 0 Å². The van der Waals surface area contributed by atoms with Crippen LogP contribution in [0.1, 0.15) is 33.1 Å². The van der Waals surface area contributed by atoms with E-state index in [4.69, 9.17) is 4.55 Å². The fraction of sp³-hybridized carbons (Fsp3) is 0.714. The van der Waals surface area contributed by atoms with Crippen molar-refractivity contribution in [3.8, 4) is 0 Å². The van der Waals surface area contributed by atoms with E-state index in [0.29, 0.717) is 12.8 Å². The third-order valence-electron chi connectivity index (χ3n) is 1.34. The van der Waals surface area contributed by atoms with Crippen molar-refractivity contribution in [1.29, 1.82) is 0 Å². The largest absolute Gasteiger partial charge is 0.290 e. The van der Waals surface area contributed by atoms with Crippen molar-refractivity contribution >= 4 is 10.1 Å². The van der Waals surface area contributed by atoms with E-state index in [1.54, 1.807) is 13.0 Å². The summed E-state index contributed by atoms with van der Waals surface area (Å²) in [6.07, 6.45) is 3.51. The third-order valence-corrected chi connectivity index (χ3v) is 2.46. The summed E-state index contributed by atoms with van der Waals surface area (Å²) in [7, 11) is -3.93. The first-order valence-corrected chi connectivity index (χ1v) is 5.12. The lowest BCUT2D eigenvalue weighted by Crippen LogP contribution is -2.00. The minimum Gasteiger partial charge on any atom is -0.282 e. The molecule has 3 nitrogen and oxygen atoms in total. The van der Waals surface area contributed by atoms with Crippen molar-refractivity contribution < 1.29 is 13.0 Å². The topological polar surface area (TPSA) is 54.4 Å². The van der Waals surface area contributed by atoms with Crippen molar-refractivity contribution in [3.05, 3.63) is 11.0 Å². The molecular weight excluding hydrogens is 164 g/mol. The Balaban J connectivity index is 4.42. The molecule has 0 unspecified atom stereocenters. The minimum absolute atomic E-state index is 0.124. The van der Waals surface area contributed by atoms with E-state index < -0.39 is 10.1 Å². The lowest BCUT2D eigenvalue weighted by Gasteiger charge is -1.98. The number of unbranched alkanes of at least 4 members (excludes halogenated alkanes) is 1. The lowest BCUT2D eigenvalue weighted by atomic mass is 10.3. The zero-order valence-corrected chi connectivity index (χ0v) is 7.69. The number of rotatable bonds is 4. The number of allylic oxidation sites excluding steroid dienone is 2. The van der Waals surface area contributed by atoms with Gasteiger partial charge in [-0.2, -0.15) is 8.42 Å². The van der Waals surface area contributed by atoms with Crippen LogP contribution in [0.3, 0.4) is 0 Å². The molecule has 0 aliphatic carbocycles. The molecule has 0 aliphatic rings. The van der Waals surface area contributed by atoms with Gasteiger partial charge in [0.25, 0.3) is 10.1 Å². The van der Waals surface area contributed by atoms with E-state index in [-0.39, 0.29) is 4.91 Å². The molecule has 0 spiro atoms. The van der Waals surface area contributed by atoms with Crippen LogP contribution in [0.25, 0.3) is 0 Å². The molecule has 0 atom stereocenters. The average Bonchev–Trinajstić information content (AvgIpc) is 1.87. The molecule has 0 heterocycles. The van der Waals surface area contributed by atoms with Crippen LogP contribution in [0.4, 0.5) is 0 Å². The molecule has 0 aromatic heterocycles. The van der Waals surface area contributed by atoms with Crippen molar-refractivity contribution in [3.63, 3.8) is 0 Å². The van der Waals surface area contributed by atoms with Gasteiger partial charge in [0, 0.05) is 0 Å². The Morgan fingerprint density at radius 1 is 1.45 bits per heavy atom. The van der Waals surface area contributed by atoms with Gasteiger partial charge in [-0.25, -0.2) is 0 Å². The second-order valence-corrected chi connectivity index (χ2v) is 3.76. The summed E-state index contributed by atoms with van der Waals surface area (Å²) in [5, 5.41) is 0. The van der Waals surface area contributed by atoms with Gasteiger partial charge in [-0.1, -0.05) is 26.3 Å². The average molecular weight is 178 g/mol. The van der Waals surface area contributed by atoms with Crippen LogP contribution in [0.15, 0.2) is 11.0 Å². The van der Waals surface area contributed by atoms with Crippen LogP contribution in [0.5, 0.6) is 0 Å². The monoisotopic (exact) mass is 178 g/mol. The van der Waals surface area contributed by atoms with Crippen LogP contribution < -0.4 is 0 Å². The highest BCUT2D eigenvalue weighted by Gasteiger charge is 2.09. The van der Waals surface area contributed by atoms with E-state index in [9.17, 15) is 8.42 Å². The summed E-state index contributed by atoms with van der Waals surface area (Å²) < 4.78 is 29.7. The van der Waals surface area contributed by atoms with E-state index >= 15 is 0 Å². The van der Waals surface area contributed by atoms with Crippen LogP contribution in [-0.4, -0.2) is 13.0 Å². The molecule has 0 saturated heterocycles. The molecule has 0 aromatic rings. The molecule has 0 radical (unpaired) electrons. The Morgan fingerprint density at radius 2 is 2.00 bits per heavy atom. The van der Waals surface area contributed by atoms with Crippen molar-refractivity contribution in [1.82, 2.24) is 0 Å². The molecule has 66 valence electrons. The summed E-state index contributed by atoms with van der Waals surface area (Å²) in [6, 6.07) is 0. The standard InChI is InChI=1S/C7H14O3S/c1-3-5-6-7(4-2)11(8,9)10/h6H,3-5H2,1-2H3,(H,8,9,10)/b7-6-. The summed E-state index contributed by atoms with van der Waals surface area (Å²) in [5.74, 6) is 0. The number of hydrogen-bond donors (Lipinski definition) is 1. The molecular formula is C7H14O3S. The predicted molar refractivity (Wildman–Crippen MR) is 44.8 cm³/mol. The SMILES string of the molecule is CCC/C=C(/CC)S(=O)(=O)O. The second-order valence-electron chi connectivity index (χ2n) is 2.29. The number of hydrogen-bond acceptors (Lipinski definition) is 2. The molecule has 1 N–H and O–H groups in total. The van der Waals surface area contributed by atoms with Crippen LogP contribution >= 0.6 is 0 Å². The highest BCUT2D eigenvalue weighted by Crippen LogP contribution is 2.10. The first kappa shape index (κ1) is 10.7. The molecule has 0 bridgehead atoms. The van der Waals surface area contributed by atoms with Gasteiger partial charge in [-0.3, -0.25) is 4.55 Å². The van der Waals surface area contributed by atoms with Gasteiger partial charge >= 0.3 is 0 Å². The minimum atomic E-state index is -3.93. The maximum absolute atomic E-state index is 10.6. The summed E-state index contributed by atoms with van der Waals surface area (Å²) in [6.45, 7) is 3.66. The molecule has 11 heavy (non-hydrogen) atoms. The quantitative estimate of drug-likeness (QED) is 0.669. The third kappa shape index (κ3) is 4.16. The van der Waals surface area contributed by atoms with E-state index in [0.717, 1.165) is 6.42 Å². The van der Waals surface area contributed by atoms with Crippen molar-refractivity contribution in [2.45, 2.75) is 33.1 Å². The molecule has 0 aliphatic heterocycles. The Morgan fingerprint density at radius 3 is 2.27 bits per heavy atom. The highest BCUT2D eigenvalue weighted by atomic mass is 32.2. The second kappa shape index (κ2) is 4.51. The Kier molecular flexibility index (Phi) is 4.37. The molecule has 0 saturated carbocycles. The highest BCUT2D eigenvalue weighted by molar-refractivity contribution is 7.89. The zero-order chi connectivity index (χ0) is 8.91. The van der Waals surface area contributed by atoms with E-state index in [2.05, 4.69) is 0 Å². The first-order chi connectivity index (χ1) is 5.02. The van der Waals surface area contributed by atoms with Gasteiger partial charge in [0.05, 0.1) is 4.91 Å². The van der Waals surface area contributed by atoms with Gasteiger partial charge in [0.15, 0.2) is 0 Å². The normalized spacial score (nSPS) is 13.5. The Bertz CT molecular complexity index is 226. The molecule has 4 heteroatoms. The smallest absolute Gasteiger partial charge is 0.282 e. The van der Waals surface area contributed by atoms with Gasteiger partial charge in [0.2, 0.25) is 0 Å². The first-order valence-electron chi connectivity index (χ1n) is 3.68. The zero-order valence-electron chi connectivity index (χ0n) is 6.87. The van der Waals surface area contributed by atoms with Gasteiger partial charge in [-0.05, 0) is 12.8 Å². The van der Waals surface area contributed by atoms with Crippen LogP contribution in [-0.2, 0) is 10.1 Å². The van der Waals surface area contributed by atoms with Crippen molar-refractivity contribution in [2.75, 3.05) is 0 Å². The van der Waals surface area contributed by atoms with Crippen LogP contribution in [0.2, 0.25) is 0 Å². The summed E-state index contributed by atoms with van der Waals surface area (Å²) in [4.78, 5) is 0.124. The van der Waals surface area contributed by atoms with Gasteiger partial charge in [0.1, 0.15) is 0 Å². The maximum Gasteiger partial charge on any atom is 0.290 e. The maximum atomic E-state index is 10.6. The Hall–Kier alpha value is -0.350. The summed E-state index contributed by atoms with van der Waals surface area (Å²) in [5.41, 5.74) is 0. The van der Waals surface area contributed by atoms with Crippen LogP contribution in [0, 0.1) is 0 Å². The molecule has 0 aromatic carbocycles. The molecule has 0 fully saturated rings. The van der Waals surface area contributed by atoms with E-state index in [1.807, 2.05) is 6.92 Å². The summed E-state index contributed by atoms with van der Waals surface area (Å²) >= 11 is 0. The fourth-order valence-corrected chi connectivity index (χ4v) is 1.43. The fourth-order valence-electron chi connectivity index (χ4n) is 0.737. The predicted octanol–water partition coefficient (Wildman–Crippen LogP) is 1.97. The van der Waals surface area contributed by atoms with Crippen molar-refractivity contribution in [2.24, 2.45) is 0 Å². The Labute approximate surface area is 67.9 Å². The lowest BCUT2D eigenvalue weighted by molar-refractivity contribution is 0.489. The van der Waals surface area contributed by atoms with Gasteiger partial charge in [-0.15, -0.1) is 0 Å². The molecule has 0 amide bonds. The van der Waals surface area contributed by atoms with Gasteiger partial charge < -0.3 is 0 Å².